The van der Waals surface area contributed by atoms with Gasteiger partial charge in [0.05, 0.1) is 16.9 Å². The number of anilines is 1. The SMILES string of the molecule is Cc1cc(/C=C2\C(=O)NC(=O)N(c3ccc(C45CC6CC(CC(C6)C4)C5)cc3)C2=O)c(C)n1-c1ccccc1C(=O)O. The summed E-state index contributed by atoms with van der Waals surface area (Å²) < 4.78 is 1.78. The molecule has 8 nitrogen and oxygen atoms in total. The van der Waals surface area contributed by atoms with Crippen LogP contribution in [0.1, 0.15) is 71.4 Å². The van der Waals surface area contributed by atoms with E-state index >= 15 is 0 Å². The number of aryl methyl sites for hydroxylation is 1. The van der Waals surface area contributed by atoms with Crippen molar-refractivity contribution in [2.24, 2.45) is 17.8 Å². The normalized spacial score (nSPS) is 27.6. The van der Waals surface area contributed by atoms with E-state index in [1.807, 2.05) is 19.1 Å². The highest BCUT2D eigenvalue weighted by Gasteiger charge is 2.51. The standard InChI is InChI=1S/C34H33N3O5/c1-19-11-24(20(2)36(19)29-6-4-3-5-27(29)32(40)41)15-28-30(38)35-33(42)37(31(28)39)26-9-7-25(8-10-26)34-16-21-12-22(17-34)14-23(13-21)18-34/h3-11,15,21-23H,12-14,16-18H2,1-2H3,(H,40,41)(H,35,38,42)/b28-15+. The number of nitrogens with one attached hydrogen (secondary N) is 1. The van der Waals surface area contributed by atoms with Crippen molar-refractivity contribution in [3.8, 4) is 5.69 Å². The number of aromatic carboxylic acids is 1. The van der Waals surface area contributed by atoms with Gasteiger partial charge in [0, 0.05) is 11.4 Å². The van der Waals surface area contributed by atoms with E-state index in [2.05, 4.69) is 17.4 Å². The van der Waals surface area contributed by atoms with Crippen LogP contribution in [0.25, 0.3) is 11.8 Å². The number of nitrogens with zero attached hydrogens (tertiary/aromatic N) is 2. The van der Waals surface area contributed by atoms with Gasteiger partial charge < -0.3 is 9.67 Å². The van der Waals surface area contributed by atoms with Crippen LogP contribution < -0.4 is 10.2 Å². The van der Waals surface area contributed by atoms with Crippen molar-refractivity contribution in [2.45, 2.75) is 57.8 Å². The fraction of sp³-hybridized carbons (Fsp3) is 0.353. The molecule has 8 rings (SSSR count). The average Bonchev–Trinajstić information content (AvgIpc) is 3.22. The van der Waals surface area contributed by atoms with E-state index < -0.39 is 23.8 Å². The van der Waals surface area contributed by atoms with E-state index in [4.69, 9.17) is 0 Å². The van der Waals surface area contributed by atoms with Gasteiger partial charge in [0.2, 0.25) is 0 Å². The van der Waals surface area contributed by atoms with Crippen molar-refractivity contribution in [1.29, 1.82) is 0 Å². The highest BCUT2D eigenvalue weighted by Crippen LogP contribution is 2.60. The Bertz CT molecular complexity index is 1660. The first-order chi connectivity index (χ1) is 20.1. The van der Waals surface area contributed by atoms with Crippen LogP contribution >= 0.6 is 0 Å². The van der Waals surface area contributed by atoms with Crippen LogP contribution in [0.3, 0.4) is 0 Å². The quantitative estimate of drug-likeness (QED) is 0.296. The zero-order valence-electron chi connectivity index (χ0n) is 23.7. The summed E-state index contributed by atoms with van der Waals surface area (Å²) in [6, 6.07) is 15.5. The van der Waals surface area contributed by atoms with Gasteiger partial charge in [0.25, 0.3) is 11.8 Å². The van der Waals surface area contributed by atoms with Crippen molar-refractivity contribution in [2.75, 3.05) is 4.90 Å². The van der Waals surface area contributed by atoms with Gasteiger partial charge in [-0.3, -0.25) is 14.9 Å². The Morgan fingerprint density at radius 2 is 1.55 bits per heavy atom. The molecule has 5 aliphatic rings. The number of imide groups is 2. The third-order valence-electron chi connectivity index (χ3n) is 10.0. The lowest BCUT2D eigenvalue weighted by molar-refractivity contribution is -0.122. The van der Waals surface area contributed by atoms with Crippen molar-refractivity contribution >= 4 is 35.6 Å². The highest BCUT2D eigenvalue weighted by atomic mass is 16.4. The maximum absolute atomic E-state index is 13.7. The van der Waals surface area contributed by atoms with Crippen molar-refractivity contribution < 1.29 is 24.3 Å². The number of rotatable bonds is 5. The first kappa shape index (κ1) is 26.4. The lowest BCUT2D eigenvalue weighted by atomic mass is 9.48. The smallest absolute Gasteiger partial charge is 0.337 e. The molecule has 4 bridgehead atoms. The Balaban J connectivity index is 1.20. The second-order valence-electron chi connectivity index (χ2n) is 12.7. The number of amides is 4. The summed E-state index contributed by atoms with van der Waals surface area (Å²) in [5.41, 5.74) is 4.36. The Labute approximate surface area is 244 Å². The second kappa shape index (κ2) is 9.54. The lowest BCUT2D eigenvalue weighted by Crippen LogP contribution is -2.54. The Hall–Kier alpha value is -4.46. The molecule has 0 spiro atoms. The minimum Gasteiger partial charge on any atom is -0.478 e. The summed E-state index contributed by atoms with van der Waals surface area (Å²) in [6.07, 6.45) is 9.21. The van der Waals surface area contributed by atoms with Gasteiger partial charge >= 0.3 is 12.0 Å². The number of urea groups is 1. The van der Waals surface area contributed by atoms with E-state index in [9.17, 15) is 24.3 Å². The summed E-state index contributed by atoms with van der Waals surface area (Å²) in [6.45, 7) is 3.63. The number of hydrogen-bond donors (Lipinski definition) is 2. The molecule has 0 atom stereocenters. The van der Waals surface area contributed by atoms with Gasteiger partial charge in [0.15, 0.2) is 0 Å². The molecule has 42 heavy (non-hydrogen) atoms. The summed E-state index contributed by atoms with van der Waals surface area (Å²) in [4.78, 5) is 52.3. The predicted octanol–water partition coefficient (Wildman–Crippen LogP) is 5.93. The molecule has 4 aliphatic carbocycles. The molecule has 214 valence electrons. The van der Waals surface area contributed by atoms with Crippen LogP contribution in [-0.4, -0.2) is 33.5 Å². The van der Waals surface area contributed by atoms with Crippen LogP contribution in [0.4, 0.5) is 10.5 Å². The highest BCUT2D eigenvalue weighted by molar-refractivity contribution is 6.39. The number of para-hydroxylation sites is 1. The van der Waals surface area contributed by atoms with Gasteiger partial charge in [0.1, 0.15) is 5.57 Å². The van der Waals surface area contributed by atoms with Crippen molar-refractivity contribution in [3.05, 3.63) is 88.2 Å². The van der Waals surface area contributed by atoms with Crippen LogP contribution in [0.15, 0.2) is 60.2 Å². The van der Waals surface area contributed by atoms with Gasteiger partial charge in [-0.2, -0.15) is 0 Å². The Morgan fingerprint density at radius 3 is 2.17 bits per heavy atom. The molecular weight excluding hydrogens is 530 g/mol. The second-order valence-corrected chi connectivity index (χ2v) is 12.7. The van der Waals surface area contributed by atoms with Gasteiger partial charge in [-0.15, -0.1) is 0 Å². The van der Waals surface area contributed by atoms with Gasteiger partial charge in [-0.1, -0.05) is 24.3 Å². The summed E-state index contributed by atoms with van der Waals surface area (Å²) in [7, 11) is 0. The van der Waals surface area contributed by atoms with E-state index in [0.29, 0.717) is 22.6 Å². The number of benzene rings is 2. The van der Waals surface area contributed by atoms with E-state index in [1.165, 1.54) is 56.2 Å². The molecule has 1 aromatic heterocycles. The zero-order valence-corrected chi connectivity index (χ0v) is 23.7. The molecule has 2 N–H and O–H groups in total. The third kappa shape index (κ3) is 4.11. The van der Waals surface area contributed by atoms with Crippen LogP contribution in [0, 0.1) is 31.6 Å². The van der Waals surface area contributed by atoms with E-state index in [0.717, 1.165) is 28.3 Å². The van der Waals surface area contributed by atoms with E-state index in [1.54, 1.807) is 35.8 Å². The van der Waals surface area contributed by atoms with Crippen LogP contribution in [-0.2, 0) is 15.0 Å². The topological polar surface area (TPSA) is 109 Å². The lowest BCUT2D eigenvalue weighted by Gasteiger charge is -2.57. The molecule has 3 aromatic rings. The molecule has 4 amide bonds. The van der Waals surface area contributed by atoms with Gasteiger partial charge in [-0.05, 0) is 123 Å². The van der Waals surface area contributed by atoms with E-state index in [-0.39, 0.29) is 16.6 Å². The monoisotopic (exact) mass is 563 g/mol. The number of hydrogen-bond acceptors (Lipinski definition) is 4. The van der Waals surface area contributed by atoms with Crippen molar-refractivity contribution in [3.63, 3.8) is 0 Å². The van der Waals surface area contributed by atoms with Crippen LogP contribution in [0.5, 0.6) is 0 Å². The minimum absolute atomic E-state index is 0.138. The average molecular weight is 564 g/mol. The molecule has 4 saturated carbocycles. The minimum atomic E-state index is -1.05. The number of carboxylic acid groups (broad SMARTS) is 1. The Morgan fingerprint density at radius 1 is 0.929 bits per heavy atom. The summed E-state index contributed by atoms with van der Waals surface area (Å²) in [5, 5.41) is 12.0. The number of carbonyl (C=O) groups excluding carboxylic acids is 3. The van der Waals surface area contributed by atoms with Gasteiger partial charge in [-0.25, -0.2) is 14.5 Å². The first-order valence-electron chi connectivity index (χ1n) is 14.7. The maximum Gasteiger partial charge on any atom is 0.337 e. The number of carboxylic acids is 1. The molecule has 1 saturated heterocycles. The molecule has 5 fully saturated rings. The summed E-state index contributed by atoms with van der Waals surface area (Å²) >= 11 is 0. The fourth-order valence-corrected chi connectivity index (χ4v) is 8.63. The molecule has 0 unspecified atom stereocenters. The number of aromatic nitrogens is 1. The van der Waals surface area contributed by atoms with Crippen LogP contribution in [0.2, 0.25) is 0 Å². The molecule has 1 aliphatic heterocycles. The first-order valence-corrected chi connectivity index (χ1v) is 14.7. The molecular formula is C34H33N3O5. The zero-order chi connectivity index (χ0) is 29.3. The largest absolute Gasteiger partial charge is 0.478 e. The molecule has 8 heteroatoms. The third-order valence-corrected chi connectivity index (χ3v) is 10.0. The number of carbonyl (C=O) groups is 4. The number of barbiturate groups is 1. The maximum atomic E-state index is 13.7. The predicted molar refractivity (Wildman–Crippen MR) is 157 cm³/mol. The molecule has 2 aromatic carbocycles. The molecule has 0 radical (unpaired) electrons. The molecule has 2 heterocycles. The Kier molecular flexibility index (Phi) is 6.01. The summed E-state index contributed by atoms with van der Waals surface area (Å²) in [5.74, 6) is -0.0802. The fourth-order valence-electron chi connectivity index (χ4n) is 8.63. The van der Waals surface area contributed by atoms with Crippen molar-refractivity contribution in [1.82, 2.24) is 9.88 Å².